The molecule has 4 nitrogen and oxygen atoms in total. The van der Waals surface area contributed by atoms with Crippen LogP contribution in [-0.2, 0) is 0 Å². The van der Waals surface area contributed by atoms with E-state index in [1.165, 1.54) is 23.5 Å². The normalized spacial score (nSPS) is 11.0. The van der Waals surface area contributed by atoms with Gasteiger partial charge >= 0.3 is 0 Å². The second kappa shape index (κ2) is 10.0. The summed E-state index contributed by atoms with van der Waals surface area (Å²) in [7, 11) is 3.96. The Kier molecular flexibility index (Phi) is 8.26. The number of hydrogen-bond acceptors (Lipinski definition) is 4. The number of anilines is 1. The van der Waals surface area contributed by atoms with Crippen LogP contribution in [0, 0.1) is 12.7 Å². The number of carbonyl (C=O) groups excluding carboxylic acids is 1. The molecule has 0 spiro atoms. The first-order chi connectivity index (χ1) is 13.3. The summed E-state index contributed by atoms with van der Waals surface area (Å²) in [5, 5.41) is 1.30. The summed E-state index contributed by atoms with van der Waals surface area (Å²) in [5.41, 5.74) is 1.91. The summed E-state index contributed by atoms with van der Waals surface area (Å²) in [6, 6.07) is 7.53. The molecule has 0 N–H and O–H groups in total. The number of rotatable bonds is 6. The minimum Gasteiger partial charge on any atom is -0.309 e. The second-order valence-electron chi connectivity index (χ2n) is 6.75. The third-order valence-corrected chi connectivity index (χ3v) is 6.13. The van der Waals surface area contributed by atoms with Crippen LogP contribution < -0.4 is 4.90 Å². The van der Waals surface area contributed by atoms with Gasteiger partial charge in [-0.15, -0.1) is 12.4 Å². The molecule has 3 rings (SSSR count). The number of aryl methyl sites for hydroxylation is 1. The largest absolute Gasteiger partial charge is 0.309 e. The van der Waals surface area contributed by atoms with Crippen molar-refractivity contribution < 1.29 is 9.18 Å². The lowest BCUT2D eigenvalue weighted by Gasteiger charge is -2.21. The van der Waals surface area contributed by atoms with Gasteiger partial charge in [0.2, 0.25) is 0 Å². The van der Waals surface area contributed by atoms with Crippen molar-refractivity contribution in [3.8, 4) is 0 Å². The number of fused-ring (bicyclic) bond motifs is 1. The molecule has 0 atom stereocenters. The van der Waals surface area contributed by atoms with Crippen LogP contribution >= 0.6 is 46.9 Å². The van der Waals surface area contributed by atoms with Crippen LogP contribution in [0.3, 0.4) is 0 Å². The van der Waals surface area contributed by atoms with E-state index in [1.54, 1.807) is 4.90 Å². The number of nitrogens with zero attached hydrogens (tertiary/aromatic N) is 3. The van der Waals surface area contributed by atoms with E-state index in [1.807, 2.05) is 33.2 Å². The summed E-state index contributed by atoms with van der Waals surface area (Å²) in [6.07, 6.45) is 0.757. The Bertz CT molecular complexity index is 1030. The first kappa shape index (κ1) is 23.8. The van der Waals surface area contributed by atoms with Crippen molar-refractivity contribution in [2.75, 3.05) is 32.1 Å². The molecular formula is C20H21Cl3FN3OS. The standard InChI is InChI=1S/C20H20Cl2FN3OS.ClH/c1-12-15(21)7-8-17-18(12)24-20(28-17)26(10-4-9-25(2)3)19(27)14-6-5-13(23)11-16(14)22;/h5-8,11H,4,9-10H2,1-3H3;1H. The zero-order valence-corrected chi connectivity index (χ0v) is 19.4. The van der Waals surface area contributed by atoms with Crippen molar-refractivity contribution in [1.82, 2.24) is 9.88 Å². The zero-order chi connectivity index (χ0) is 20.4. The van der Waals surface area contributed by atoms with Gasteiger partial charge in [0.25, 0.3) is 5.91 Å². The average Bonchev–Trinajstić information content (AvgIpc) is 3.06. The summed E-state index contributed by atoms with van der Waals surface area (Å²) in [5.74, 6) is -0.780. The minimum absolute atomic E-state index is 0. The molecule has 1 amide bonds. The Morgan fingerprint density at radius 2 is 1.86 bits per heavy atom. The van der Waals surface area contributed by atoms with E-state index in [2.05, 4.69) is 9.88 Å². The molecule has 0 saturated heterocycles. The van der Waals surface area contributed by atoms with Crippen LogP contribution in [0.25, 0.3) is 10.2 Å². The SMILES string of the molecule is Cc1c(Cl)ccc2sc(N(CCCN(C)C)C(=O)c3ccc(F)cc3Cl)nc12.Cl. The van der Waals surface area contributed by atoms with Gasteiger partial charge in [-0.25, -0.2) is 9.37 Å². The van der Waals surface area contributed by atoms with Gasteiger partial charge in [-0.05, 0) is 69.9 Å². The molecule has 0 saturated carbocycles. The van der Waals surface area contributed by atoms with Crippen molar-refractivity contribution >= 4 is 68.2 Å². The Hall–Kier alpha value is -1.44. The molecule has 1 heterocycles. The van der Waals surface area contributed by atoms with Gasteiger partial charge in [0.1, 0.15) is 5.82 Å². The molecule has 0 unspecified atom stereocenters. The van der Waals surface area contributed by atoms with Crippen LogP contribution in [0.2, 0.25) is 10.0 Å². The molecule has 0 aliphatic heterocycles. The molecule has 0 bridgehead atoms. The van der Waals surface area contributed by atoms with Gasteiger partial charge in [-0.3, -0.25) is 9.69 Å². The molecule has 0 radical (unpaired) electrons. The molecule has 3 aromatic rings. The number of amides is 1. The highest BCUT2D eigenvalue weighted by atomic mass is 35.5. The highest BCUT2D eigenvalue weighted by Crippen LogP contribution is 2.34. The Labute approximate surface area is 189 Å². The van der Waals surface area contributed by atoms with Crippen LogP contribution in [0.5, 0.6) is 0 Å². The van der Waals surface area contributed by atoms with Crippen molar-refractivity contribution in [3.63, 3.8) is 0 Å². The highest BCUT2D eigenvalue weighted by molar-refractivity contribution is 7.22. The predicted octanol–water partition coefficient (Wildman–Crippen LogP) is 6.07. The lowest BCUT2D eigenvalue weighted by atomic mass is 10.2. The van der Waals surface area contributed by atoms with Crippen molar-refractivity contribution in [3.05, 3.63) is 57.3 Å². The first-order valence-electron chi connectivity index (χ1n) is 8.75. The Morgan fingerprint density at radius 1 is 1.14 bits per heavy atom. The van der Waals surface area contributed by atoms with Gasteiger partial charge < -0.3 is 4.90 Å². The summed E-state index contributed by atoms with van der Waals surface area (Å²) in [4.78, 5) is 21.6. The fourth-order valence-corrected chi connectivity index (χ4v) is 4.29. The molecule has 156 valence electrons. The summed E-state index contributed by atoms with van der Waals surface area (Å²) >= 11 is 13.8. The lowest BCUT2D eigenvalue weighted by molar-refractivity contribution is 0.0986. The molecule has 2 aromatic carbocycles. The van der Waals surface area contributed by atoms with Crippen LogP contribution in [-0.4, -0.2) is 43.0 Å². The summed E-state index contributed by atoms with van der Waals surface area (Å²) in [6.45, 7) is 3.19. The molecule has 0 aliphatic rings. The van der Waals surface area contributed by atoms with Crippen LogP contribution in [0.4, 0.5) is 9.52 Å². The first-order valence-corrected chi connectivity index (χ1v) is 10.3. The van der Waals surface area contributed by atoms with Crippen molar-refractivity contribution in [2.45, 2.75) is 13.3 Å². The smallest absolute Gasteiger partial charge is 0.261 e. The number of thiazole rings is 1. The maximum Gasteiger partial charge on any atom is 0.261 e. The predicted molar refractivity (Wildman–Crippen MR) is 123 cm³/mol. The zero-order valence-electron chi connectivity index (χ0n) is 16.2. The highest BCUT2D eigenvalue weighted by Gasteiger charge is 2.24. The van der Waals surface area contributed by atoms with Gasteiger partial charge in [0, 0.05) is 11.6 Å². The average molecular weight is 477 g/mol. The molecule has 0 fully saturated rings. The third-order valence-electron chi connectivity index (χ3n) is 4.36. The van der Waals surface area contributed by atoms with E-state index >= 15 is 0 Å². The third kappa shape index (κ3) is 5.38. The van der Waals surface area contributed by atoms with Crippen molar-refractivity contribution in [1.29, 1.82) is 0 Å². The lowest BCUT2D eigenvalue weighted by Crippen LogP contribution is -2.33. The van der Waals surface area contributed by atoms with Gasteiger partial charge in [0.15, 0.2) is 5.13 Å². The maximum absolute atomic E-state index is 13.4. The summed E-state index contributed by atoms with van der Waals surface area (Å²) < 4.78 is 14.4. The fraction of sp³-hybridized carbons (Fsp3) is 0.300. The Morgan fingerprint density at radius 3 is 2.52 bits per heavy atom. The molecule has 0 aliphatic carbocycles. The van der Waals surface area contributed by atoms with Crippen LogP contribution in [0.15, 0.2) is 30.3 Å². The van der Waals surface area contributed by atoms with E-state index in [9.17, 15) is 9.18 Å². The molecular weight excluding hydrogens is 456 g/mol. The van der Waals surface area contributed by atoms with E-state index < -0.39 is 5.82 Å². The van der Waals surface area contributed by atoms with Gasteiger partial charge in [0.05, 0.1) is 20.8 Å². The number of carbonyl (C=O) groups is 1. The van der Waals surface area contributed by atoms with E-state index in [-0.39, 0.29) is 28.9 Å². The number of halogens is 4. The number of hydrogen-bond donors (Lipinski definition) is 0. The molecule has 29 heavy (non-hydrogen) atoms. The molecule has 9 heteroatoms. The molecule has 1 aromatic heterocycles. The van der Waals surface area contributed by atoms with E-state index in [0.29, 0.717) is 16.7 Å². The van der Waals surface area contributed by atoms with Gasteiger partial charge in [-0.1, -0.05) is 34.5 Å². The maximum atomic E-state index is 13.4. The number of benzene rings is 2. The van der Waals surface area contributed by atoms with Gasteiger partial charge in [-0.2, -0.15) is 0 Å². The second-order valence-corrected chi connectivity index (χ2v) is 8.58. The van der Waals surface area contributed by atoms with Crippen LogP contribution in [0.1, 0.15) is 22.3 Å². The minimum atomic E-state index is -0.481. The van der Waals surface area contributed by atoms with Crippen molar-refractivity contribution in [2.24, 2.45) is 0 Å². The Balaban J connectivity index is 0.00000300. The topological polar surface area (TPSA) is 36.4 Å². The van der Waals surface area contributed by atoms with E-state index in [0.717, 1.165) is 34.8 Å². The monoisotopic (exact) mass is 475 g/mol. The quantitative estimate of drug-likeness (QED) is 0.433. The van der Waals surface area contributed by atoms with E-state index in [4.69, 9.17) is 23.2 Å². The number of aromatic nitrogens is 1. The fourth-order valence-electron chi connectivity index (χ4n) is 2.84.